The Bertz CT molecular complexity index is 1380. The van der Waals surface area contributed by atoms with Gasteiger partial charge in [-0.05, 0) is 43.1 Å². The first kappa shape index (κ1) is 46.4. The number of carbonyl (C=O) groups excluding carboxylic acids is 4. The number of carbonyl (C=O) groups is 5. The van der Waals surface area contributed by atoms with Gasteiger partial charge in [0.25, 0.3) is 0 Å². The predicted molar refractivity (Wildman–Crippen MR) is 206 cm³/mol. The number of aliphatic hydroxyl groups is 1. The van der Waals surface area contributed by atoms with Gasteiger partial charge in [0.15, 0.2) is 0 Å². The lowest BCUT2D eigenvalue weighted by Gasteiger charge is -2.41. The molecule has 306 valence electrons. The fraction of sp³-hybridized carbons (Fsp3) is 0.725. The van der Waals surface area contributed by atoms with Crippen LogP contribution in [0, 0.1) is 23.7 Å². The van der Waals surface area contributed by atoms with Gasteiger partial charge in [0, 0.05) is 34.9 Å². The van der Waals surface area contributed by atoms with E-state index in [1.807, 2.05) is 45.9 Å². The van der Waals surface area contributed by atoms with Crippen LogP contribution in [0.3, 0.4) is 0 Å². The van der Waals surface area contributed by atoms with Gasteiger partial charge >= 0.3 is 6.09 Å². The van der Waals surface area contributed by atoms with E-state index in [-0.39, 0.29) is 47.9 Å². The van der Waals surface area contributed by atoms with Crippen molar-refractivity contribution in [1.82, 2.24) is 25.3 Å². The van der Waals surface area contributed by atoms with Crippen LogP contribution >= 0.6 is 0 Å². The van der Waals surface area contributed by atoms with Gasteiger partial charge in [-0.3, -0.25) is 24.1 Å². The number of hydrogen-bond acceptors (Lipinski definition) is 8. The van der Waals surface area contributed by atoms with Crippen molar-refractivity contribution in [2.75, 3.05) is 34.9 Å². The minimum atomic E-state index is -1.25. The molecule has 14 nitrogen and oxygen atoms in total. The quantitative estimate of drug-likeness (QED) is 0.153. The van der Waals surface area contributed by atoms with Crippen molar-refractivity contribution in [3.05, 3.63) is 35.9 Å². The van der Waals surface area contributed by atoms with Crippen molar-refractivity contribution in [3.8, 4) is 0 Å². The zero-order valence-corrected chi connectivity index (χ0v) is 34.4. The van der Waals surface area contributed by atoms with Crippen molar-refractivity contribution in [3.63, 3.8) is 0 Å². The zero-order chi connectivity index (χ0) is 41.0. The van der Waals surface area contributed by atoms with Gasteiger partial charge in [0.2, 0.25) is 23.6 Å². The van der Waals surface area contributed by atoms with Gasteiger partial charge in [-0.25, -0.2) is 4.79 Å². The average Bonchev–Trinajstić information content (AvgIpc) is 3.62. The molecule has 1 aliphatic heterocycles. The van der Waals surface area contributed by atoms with Crippen molar-refractivity contribution in [2.24, 2.45) is 23.7 Å². The highest BCUT2D eigenvalue weighted by atomic mass is 16.5. The van der Waals surface area contributed by atoms with Crippen LogP contribution in [0.1, 0.15) is 92.7 Å². The summed E-state index contributed by atoms with van der Waals surface area (Å²) >= 11 is 0. The molecular formula is C40H67N5O9. The van der Waals surface area contributed by atoms with Gasteiger partial charge in [-0.2, -0.15) is 0 Å². The zero-order valence-electron chi connectivity index (χ0n) is 34.4. The molecule has 0 aliphatic carbocycles. The van der Waals surface area contributed by atoms with E-state index < -0.39 is 60.4 Å². The number of likely N-dealkylation sites (tertiary alicyclic amines) is 1. The fourth-order valence-electron chi connectivity index (χ4n) is 7.70. The lowest BCUT2D eigenvalue weighted by atomic mass is 9.89. The fourth-order valence-corrected chi connectivity index (χ4v) is 7.70. The minimum Gasteiger partial charge on any atom is -0.465 e. The molecule has 54 heavy (non-hydrogen) atoms. The number of likely N-dealkylation sites (N-methyl/N-ethyl adjacent to an activating group) is 2. The third kappa shape index (κ3) is 11.6. The molecule has 0 spiro atoms. The molecule has 1 aliphatic rings. The smallest absolute Gasteiger partial charge is 0.407 e. The number of carboxylic acid groups (broad SMARTS) is 1. The predicted octanol–water partition coefficient (Wildman–Crippen LogP) is 3.92. The van der Waals surface area contributed by atoms with Crippen LogP contribution in [-0.4, -0.2) is 132 Å². The maximum atomic E-state index is 14.2. The number of aliphatic hydroxyl groups excluding tert-OH is 1. The molecule has 1 heterocycles. The monoisotopic (exact) mass is 761 g/mol. The second kappa shape index (κ2) is 21.4. The SMILES string of the molecule is CC[C@H](C)[C@@H]([C@@H](CC(=O)N1CCCC1[C@H](OC)[C@@H](C)C(=O)N[C@H](C)[C@@H](O)c1ccccc1)OC)N(C)C(=O)C(NC(=O)C(C(C)C)N(C)C(=O)O)C(C)C. The van der Waals surface area contributed by atoms with Crippen LogP contribution in [-0.2, 0) is 28.7 Å². The van der Waals surface area contributed by atoms with E-state index in [2.05, 4.69) is 10.6 Å². The number of benzene rings is 1. The lowest BCUT2D eigenvalue weighted by Crippen LogP contribution is -2.60. The Labute approximate surface area is 322 Å². The first-order valence-corrected chi connectivity index (χ1v) is 19.2. The Morgan fingerprint density at radius 1 is 0.889 bits per heavy atom. The van der Waals surface area contributed by atoms with Crippen LogP contribution in [0.25, 0.3) is 0 Å². The topological polar surface area (TPSA) is 178 Å². The maximum absolute atomic E-state index is 14.2. The molecule has 1 fully saturated rings. The number of amides is 5. The van der Waals surface area contributed by atoms with E-state index in [9.17, 15) is 34.2 Å². The number of rotatable bonds is 20. The van der Waals surface area contributed by atoms with Gasteiger partial charge in [0.05, 0.1) is 48.8 Å². The lowest BCUT2D eigenvalue weighted by molar-refractivity contribution is -0.148. The first-order chi connectivity index (χ1) is 25.3. The van der Waals surface area contributed by atoms with Crippen LogP contribution in [0.2, 0.25) is 0 Å². The maximum Gasteiger partial charge on any atom is 0.407 e. The van der Waals surface area contributed by atoms with Gasteiger partial charge < -0.3 is 40.1 Å². The van der Waals surface area contributed by atoms with E-state index in [4.69, 9.17) is 9.47 Å². The molecule has 2 rings (SSSR count). The minimum absolute atomic E-state index is 0.0333. The number of ether oxygens (including phenoxy) is 2. The average molecular weight is 762 g/mol. The third-order valence-electron chi connectivity index (χ3n) is 11.1. The van der Waals surface area contributed by atoms with Crippen molar-refractivity contribution >= 4 is 29.7 Å². The van der Waals surface area contributed by atoms with E-state index in [0.717, 1.165) is 11.3 Å². The van der Waals surface area contributed by atoms with E-state index in [1.54, 1.807) is 56.7 Å². The molecule has 3 unspecified atom stereocenters. The third-order valence-corrected chi connectivity index (χ3v) is 11.1. The summed E-state index contributed by atoms with van der Waals surface area (Å²) in [5.74, 6) is -2.82. The molecule has 14 heteroatoms. The van der Waals surface area contributed by atoms with Gasteiger partial charge in [0.1, 0.15) is 12.1 Å². The number of hydrogen-bond donors (Lipinski definition) is 4. The van der Waals surface area contributed by atoms with Crippen LogP contribution < -0.4 is 10.6 Å². The molecule has 0 saturated carbocycles. The highest BCUT2D eigenvalue weighted by molar-refractivity contribution is 5.91. The van der Waals surface area contributed by atoms with E-state index >= 15 is 0 Å². The summed E-state index contributed by atoms with van der Waals surface area (Å²) in [6.45, 7) is 15.1. The molecule has 5 amide bonds. The molecular weight excluding hydrogens is 694 g/mol. The summed E-state index contributed by atoms with van der Waals surface area (Å²) in [5.41, 5.74) is 0.692. The summed E-state index contributed by atoms with van der Waals surface area (Å²) in [6.07, 6.45) is -1.45. The summed E-state index contributed by atoms with van der Waals surface area (Å²) in [4.78, 5) is 71.3. The molecule has 1 saturated heterocycles. The number of nitrogens with one attached hydrogen (secondary N) is 2. The van der Waals surface area contributed by atoms with Gasteiger partial charge in [-0.1, -0.05) is 85.2 Å². The van der Waals surface area contributed by atoms with Crippen LogP contribution in [0.4, 0.5) is 4.79 Å². The molecule has 1 aromatic rings. The second-order valence-electron chi connectivity index (χ2n) is 15.6. The highest BCUT2D eigenvalue weighted by Crippen LogP contribution is 2.30. The van der Waals surface area contributed by atoms with Crippen LogP contribution in [0.5, 0.6) is 0 Å². The summed E-state index contributed by atoms with van der Waals surface area (Å²) in [6, 6.07) is 5.67. The molecule has 1 aromatic carbocycles. The Kier molecular flexibility index (Phi) is 18.4. The molecule has 0 aromatic heterocycles. The second-order valence-corrected chi connectivity index (χ2v) is 15.6. The van der Waals surface area contributed by atoms with E-state index in [0.29, 0.717) is 24.9 Å². The summed E-state index contributed by atoms with van der Waals surface area (Å²) in [7, 11) is 6.02. The normalized spacial score (nSPS) is 19.5. The molecule has 0 radical (unpaired) electrons. The largest absolute Gasteiger partial charge is 0.465 e. The Morgan fingerprint density at radius 2 is 1.50 bits per heavy atom. The Morgan fingerprint density at radius 3 is 2.00 bits per heavy atom. The molecule has 10 atom stereocenters. The molecule has 0 bridgehead atoms. The molecule has 4 N–H and O–H groups in total. The van der Waals surface area contributed by atoms with Crippen LogP contribution in [0.15, 0.2) is 30.3 Å². The Balaban J connectivity index is 2.27. The van der Waals surface area contributed by atoms with E-state index in [1.165, 1.54) is 21.3 Å². The first-order valence-electron chi connectivity index (χ1n) is 19.2. The number of nitrogens with zero attached hydrogens (tertiary/aromatic N) is 3. The van der Waals surface area contributed by atoms with Crippen molar-refractivity contribution in [2.45, 2.75) is 130 Å². The highest BCUT2D eigenvalue weighted by Gasteiger charge is 2.43. The van der Waals surface area contributed by atoms with Crippen molar-refractivity contribution in [1.29, 1.82) is 0 Å². The summed E-state index contributed by atoms with van der Waals surface area (Å²) < 4.78 is 11.9. The standard InChI is InChI=1S/C40H67N5O9/c1-13-25(6)34(43(9)39(50)32(23(2)3)42-38(49)33(24(4)5)44(10)40(51)52)30(53-11)22-31(46)45-21-17-20-29(45)36(54-12)26(7)37(48)41-27(8)35(47)28-18-15-14-16-19-28/h14-16,18-19,23-27,29-30,32-36,47H,13,17,20-22H2,1-12H3,(H,41,48)(H,42,49)(H,51,52)/t25-,26+,27+,29?,30+,32?,33?,34-,35+,36+/m0/s1. The summed E-state index contributed by atoms with van der Waals surface area (Å²) in [5, 5.41) is 26.2. The number of methoxy groups -OCH3 is 2. The van der Waals surface area contributed by atoms with Crippen molar-refractivity contribution < 1.29 is 43.7 Å². The van der Waals surface area contributed by atoms with Gasteiger partial charge in [-0.15, -0.1) is 0 Å². The Hall–Kier alpha value is -3.75.